The quantitative estimate of drug-likeness (QED) is 0.826. The highest BCUT2D eigenvalue weighted by Gasteiger charge is 2.04. The standard InChI is InChI=1S/C14H20O2/c1-4-13(15)7-5-6-12-8-10(2)14(16)11(3)9-12/h8-9,16H,4-7H2,1-3H3. The van der Waals surface area contributed by atoms with Gasteiger partial charge in [-0.1, -0.05) is 19.1 Å². The maximum Gasteiger partial charge on any atom is 0.132 e. The number of aryl methyl sites for hydroxylation is 3. The van der Waals surface area contributed by atoms with Crippen LogP contribution in [-0.4, -0.2) is 10.9 Å². The third-order valence-electron chi connectivity index (χ3n) is 2.87. The fourth-order valence-electron chi connectivity index (χ4n) is 1.86. The van der Waals surface area contributed by atoms with Gasteiger partial charge < -0.3 is 5.11 Å². The fraction of sp³-hybridized carbons (Fsp3) is 0.500. The van der Waals surface area contributed by atoms with Gasteiger partial charge in [-0.2, -0.15) is 0 Å². The summed E-state index contributed by atoms with van der Waals surface area (Å²) in [4.78, 5) is 11.2. The number of ketones is 1. The summed E-state index contributed by atoms with van der Waals surface area (Å²) in [6, 6.07) is 4.00. The van der Waals surface area contributed by atoms with Gasteiger partial charge in [0.05, 0.1) is 0 Å². The molecule has 2 nitrogen and oxygen atoms in total. The number of carbonyl (C=O) groups excluding carboxylic acids is 1. The topological polar surface area (TPSA) is 37.3 Å². The number of Topliss-reactive ketones (excluding diaryl/α,β-unsaturated/α-hetero) is 1. The zero-order chi connectivity index (χ0) is 12.1. The van der Waals surface area contributed by atoms with Gasteiger partial charge in [-0.15, -0.1) is 0 Å². The highest BCUT2D eigenvalue weighted by Crippen LogP contribution is 2.23. The Kier molecular flexibility index (Phi) is 4.53. The number of phenols is 1. The van der Waals surface area contributed by atoms with Gasteiger partial charge >= 0.3 is 0 Å². The van der Waals surface area contributed by atoms with E-state index in [0.717, 1.165) is 24.0 Å². The Labute approximate surface area is 97.3 Å². The fourth-order valence-corrected chi connectivity index (χ4v) is 1.86. The van der Waals surface area contributed by atoms with Gasteiger partial charge in [0, 0.05) is 12.8 Å². The molecule has 0 aliphatic heterocycles. The molecule has 0 heterocycles. The average molecular weight is 220 g/mol. The van der Waals surface area contributed by atoms with E-state index in [9.17, 15) is 9.90 Å². The summed E-state index contributed by atoms with van der Waals surface area (Å²) in [7, 11) is 0. The molecule has 0 amide bonds. The summed E-state index contributed by atoms with van der Waals surface area (Å²) in [6.45, 7) is 5.71. The number of aromatic hydroxyl groups is 1. The third-order valence-corrected chi connectivity index (χ3v) is 2.87. The molecule has 0 atom stereocenters. The maximum absolute atomic E-state index is 11.2. The Bertz CT molecular complexity index is 357. The van der Waals surface area contributed by atoms with Crippen LogP contribution >= 0.6 is 0 Å². The number of hydrogen-bond acceptors (Lipinski definition) is 2. The number of phenolic OH excluding ortho intramolecular Hbond substituents is 1. The maximum atomic E-state index is 11.2. The first-order valence-electron chi connectivity index (χ1n) is 5.85. The summed E-state index contributed by atoms with van der Waals surface area (Å²) in [5, 5.41) is 9.63. The van der Waals surface area contributed by atoms with E-state index in [1.54, 1.807) is 0 Å². The smallest absolute Gasteiger partial charge is 0.132 e. The van der Waals surface area contributed by atoms with Gasteiger partial charge in [-0.3, -0.25) is 4.79 Å². The van der Waals surface area contributed by atoms with E-state index in [2.05, 4.69) is 0 Å². The minimum atomic E-state index is 0.326. The third kappa shape index (κ3) is 3.37. The summed E-state index contributed by atoms with van der Waals surface area (Å²) in [5.74, 6) is 0.709. The largest absolute Gasteiger partial charge is 0.507 e. The van der Waals surface area contributed by atoms with Crippen LogP contribution in [-0.2, 0) is 11.2 Å². The van der Waals surface area contributed by atoms with E-state index in [4.69, 9.17) is 0 Å². The first kappa shape index (κ1) is 12.8. The van der Waals surface area contributed by atoms with Crippen molar-refractivity contribution in [2.45, 2.75) is 46.5 Å². The van der Waals surface area contributed by atoms with Crippen LogP contribution in [0.15, 0.2) is 12.1 Å². The Morgan fingerprint density at radius 2 is 1.81 bits per heavy atom. The van der Waals surface area contributed by atoms with Gasteiger partial charge in [0.1, 0.15) is 11.5 Å². The van der Waals surface area contributed by atoms with Crippen LogP contribution in [0.3, 0.4) is 0 Å². The van der Waals surface area contributed by atoms with Crippen LogP contribution in [0.25, 0.3) is 0 Å². The predicted octanol–water partition coefficient (Wildman–Crippen LogP) is 3.31. The van der Waals surface area contributed by atoms with E-state index in [1.807, 2.05) is 32.9 Å². The highest BCUT2D eigenvalue weighted by atomic mass is 16.3. The van der Waals surface area contributed by atoms with E-state index < -0.39 is 0 Å². The molecule has 2 heteroatoms. The van der Waals surface area contributed by atoms with Crippen molar-refractivity contribution in [3.05, 3.63) is 28.8 Å². The average Bonchev–Trinajstić information content (AvgIpc) is 2.25. The van der Waals surface area contributed by atoms with Gasteiger partial charge in [0.2, 0.25) is 0 Å². The van der Waals surface area contributed by atoms with E-state index in [-0.39, 0.29) is 0 Å². The lowest BCUT2D eigenvalue weighted by atomic mass is 10.0. The Hall–Kier alpha value is -1.31. The van der Waals surface area contributed by atoms with Crippen LogP contribution in [0.4, 0.5) is 0 Å². The summed E-state index contributed by atoms with van der Waals surface area (Å²) < 4.78 is 0. The molecule has 0 bridgehead atoms. The van der Waals surface area contributed by atoms with Crippen LogP contribution in [0.5, 0.6) is 5.75 Å². The molecule has 1 N–H and O–H groups in total. The molecule has 0 radical (unpaired) electrons. The van der Waals surface area contributed by atoms with Crippen molar-refractivity contribution in [1.29, 1.82) is 0 Å². The van der Waals surface area contributed by atoms with Crippen molar-refractivity contribution in [3.63, 3.8) is 0 Å². The van der Waals surface area contributed by atoms with Gasteiger partial charge in [0.15, 0.2) is 0 Å². The van der Waals surface area contributed by atoms with Crippen LogP contribution < -0.4 is 0 Å². The van der Waals surface area contributed by atoms with Crippen LogP contribution in [0.2, 0.25) is 0 Å². The van der Waals surface area contributed by atoms with Crippen molar-refractivity contribution < 1.29 is 9.90 Å². The molecular weight excluding hydrogens is 200 g/mol. The Balaban J connectivity index is 2.58. The molecule has 0 saturated heterocycles. The molecule has 0 fully saturated rings. The second-order valence-corrected chi connectivity index (χ2v) is 4.32. The molecule has 1 rings (SSSR count). The van der Waals surface area contributed by atoms with E-state index in [0.29, 0.717) is 24.4 Å². The highest BCUT2D eigenvalue weighted by molar-refractivity contribution is 5.77. The summed E-state index contributed by atoms with van der Waals surface area (Å²) >= 11 is 0. The van der Waals surface area contributed by atoms with Crippen LogP contribution in [0, 0.1) is 13.8 Å². The van der Waals surface area contributed by atoms with Gasteiger partial charge in [-0.25, -0.2) is 0 Å². The lowest BCUT2D eigenvalue weighted by Gasteiger charge is -2.07. The number of carbonyl (C=O) groups is 1. The molecule has 1 aromatic carbocycles. The van der Waals surface area contributed by atoms with Crippen molar-refractivity contribution in [2.24, 2.45) is 0 Å². The van der Waals surface area contributed by atoms with E-state index in [1.165, 1.54) is 5.56 Å². The van der Waals surface area contributed by atoms with Crippen molar-refractivity contribution in [1.82, 2.24) is 0 Å². The molecule has 16 heavy (non-hydrogen) atoms. The number of benzene rings is 1. The lowest BCUT2D eigenvalue weighted by Crippen LogP contribution is -1.97. The molecule has 1 aromatic rings. The molecule has 0 aliphatic rings. The Morgan fingerprint density at radius 1 is 1.25 bits per heavy atom. The zero-order valence-electron chi connectivity index (χ0n) is 10.3. The molecule has 88 valence electrons. The number of hydrogen-bond donors (Lipinski definition) is 1. The Morgan fingerprint density at radius 3 is 2.31 bits per heavy atom. The van der Waals surface area contributed by atoms with Gasteiger partial charge in [-0.05, 0) is 43.4 Å². The molecule has 0 spiro atoms. The summed E-state index contributed by atoms with van der Waals surface area (Å²) in [5.41, 5.74) is 3.03. The van der Waals surface area contributed by atoms with E-state index >= 15 is 0 Å². The first-order chi connectivity index (χ1) is 7.54. The SMILES string of the molecule is CCC(=O)CCCc1cc(C)c(O)c(C)c1. The van der Waals surface area contributed by atoms with Crippen molar-refractivity contribution in [2.75, 3.05) is 0 Å². The van der Waals surface area contributed by atoms with Crippen molar-refractivity contribution >= 4 is 5.78 Å². The lowest BCUT2D eigenvalue weighted by molar-refractivity contribution is -0.118. The normalized spacial score (nSPS) is 10.4. The minimum absolute atomic E-state index is 0.326. The second-order valence-electron chi connectivity index (χ2n) is 4.32. The first-order valence-corrected chi connectivity index (χ1v) is 5.85. The molecule has 0 aliphatic carbocycles. The van der Waals surface area contributed by atoms with Crippen molar-refractivity contribution in [3.8, 4) is 5.75 Å². The molecular formula is C14H20O2. The number of rotatable bonds is 5. The molecule has 0 aromatic heterocycles. The molecule has 0 saturated carbocycles. The van der Waals surface area contributed by atoms with Crippen LogP contribution in [0.1, 0.15) is 42.9 Å². The van der Waals surface area contributed by atoms with Gasteiger partial charge in [0.25, 0.3) is 0 Å². The molecule has 0 unspecified atom stereocenters. The minimum Gasteiger partial charge on any atom is -0.507 e. The predicted molar refractivity (Wildman–Crippen MR) is 65.8 cm³/mol. The zero-order valence-corrected chi connectivity index (χ0v) is 10.3. The second kappa shape index (κ2) is 5.69. The monoisotopic (exact) mass is 220 g/mol. The summed E-state index contributed by atoms with van der Waals surface area (Å²) in [6.07, 6.45) is 3.10.